The molecule has 3 nitrogen and oxygen atoms in total. The number of hydrogen-bond acceptors (Lipinski definition) is 3. The van der Waals surface area contributed by atoms with Gasteiger partial charge < -0.3 is 0 Å². The maximum atomic E-state index is 9.74. The molecule has 5 atom stereocenters. The fourth-order valence-electron chi connectivity index (χ4n) is 5.25. The number of ether oxygens (including phenoxy) is 1. The van der Waals surface area contributed by atoms with Gasteiger partial charge in [0, 0.05) is 0 Å². The van der Waals surface area contributed by atoms with E-state index < -0.39 is 0 Å². The Kier molecular flexibility index (Phi) is 4.20. The van der Waals surface area contributed by atoms with E-state index in [-0.39, 0.29) is 16.4 Å². The maximum absolute atomic E-state index is 9.74. The molecule has 0 amide bonds. The first-order valence-electron chi connectivity index (χ1n) is 8.73. The van der Waals surface area contributed by atoms with Gasteiger partial charge in [-0.2, -0.15) is 0 Å². The Morgan fingerprint density at radius 1 is 1.14 bits per heavy atom. The zero-order chi connectivity index (χ0) is 16.2. The summed E-state index contributed by atoms with van der Waals surface area (Å²) in [5.74, 6) is 0.687. The zero-order valence-electron chi connectivity index (χ0n) is 14.7. The third-order valence-electron chi connectivity index (χ3n) is 7.46. The number of fused-ring (bicyclic) bond motifs is 2. The van der Waals surface area contributed by atoms with Crippen LogP contribution >= 0.6 is 0 Å². The van der Waals surface area contributed by atoms with Crippen LogP contribution in [0.25, 0.3) is 0 Å². The van der Waals surface area contributed by atoms with Crippen LogP contribution in [-0.2, 0) is 4.74 Å². The van der Waals surface area contributed by atoms with E-state index in [4.69, 9.17) is 4.74 Å². The van der Waals surface area contributed by atoms with Gasteiger partial charge in [0.1, 0.15) is 0 Å². The number of nitrogens with zero attached hydrogens (tertiary/aromatic N) is 1. The molecule has 3 saturated carbocycles. The first-order valence-corrected chi connectivity index (χ1v) is 10.7. The van der Waals surface area contributed by atoms with Crippen LogP contribution in [0, 0.1) is 16.7 Å². The fraction of sp³-hybridized carbons (Fsp3) is 0.944. The van der Waals surface area contributed by atoms with Crippen molar-refractivity contribution < 1.29 is 9.94 Å². The zero-order valence-corrected chi connectivity index (χ0v) is 16.4. The van der Waals surface area contributed by atoms with Crippen LogP contribution in [0.5, 0.6) is 0 Å². The summed E-state index contributed by atoms with van der Waals surface area (Å²) in [6.45, 7) is 9.41. The summed E-state index contributed by atoms with van der Waals surface area (Å²) in [4.78, 5) is 1.16. The minimum atomic E-state index is 0.0334. The van der Waals surface area contributed by atoms with Gasteiger partial charge in [-0.15, -0.1) is 0 Å². The van der Waals surface area contributed by atoms with Crippen molar-refractivity contribution in [3.63, 3.8) is 0 Å². The van der Waals surface area contributed by atoms with Crippen molar-refractivity contribution in [2.75, 3.05) is 7.11 Å². The average molecular weight is 372 g/mol. The molecular formula is C18H31NO2Se. The van der Waals surface area contributed by atoms with Crippen molar-refractivity contribution >= 4 is 20.7 Å². The standard InChI is InChI=1S/C18H31NO2Se/c1-16(2)12-9-11-17(16,3)15(19-20)14(12)22-13-8-6-7-10-18(13,4)21-5/h12-14,20H,6-11H2,1-5H3/b19-15-/t12-,13?,14+,17+,18?/m1/s1. The Labute approximate surface area is 141 Å². The molecule has 0 spiro atoms. The third-order valence-corrected chi connectivity index (χ3v) is 11.5. The van der Waals surface area contributed by atoms with Crippen LogP contribution in [0.1, 0.15) is 66.2 Å². The molecule has 3 aliphatic carbocycles. The third kappa shape index (κ3) is 2.13. The molecule has 22 heavy (non-hydrogen) atoms. The molecule has 0 heterocycles. The summed E-state index contributed by atoms with van der Waals surface area (Å²) < 4.78 is 5.94. The summed E-state index contributed by atoms with van der Waals surface area (Å²) in [5.41, 5.74) is 1.50. The Morgan fingerprint density at radius 3 is 2.50 bits per heavy atom. The predicted molar refractivity (Wildman–Crippen MR) is 91.0 cm³/mol. The van der Waals surface area contributed by atoms with E-state index in [2.05, 4.69) is 32.9 Å². The van der Waals surface area contributed by atoms with Gasteiger partial charge in [-0.25, -0.2) is 0 Å². The van der Waals surface area contributed by atoms with Crippen LogP contribution in [0.15, 0.2) is 5.16 Å². The van der Waals surface area contributed by atoms with Crippen LogP contribution in [-0.4, -0.2) is 38.6 Å². The number of hydrogen-bond donors (Lipinski definition) is 1. The molecule has 2 unspecified atom stereocenters. The molecule has 1 N–H and O–H groups in total. The molecule has 3 fully saturated rings. The number of methoxy groups -OCH3 is 1. The van der Waals surface area contributed by atoms with Gasteiger partial charge in [-0.1, -0.05) is 0 Å². The molecule has 3 rings (SSSR count). The van der Waals surface area contributed by atoms with Gasteiger partial charge in [0.05, 0.1) is 0 Å². The number of oxime groups is 1. The fourth-order valence-corrected chi connectivity index (χ4v) is 9.99. The summed E-state index contributed by atoms with van der Waals surface area (Å²) in [6.07, 6.45) is 7.56. The molecule has 0 aromatic rings. The van der Waals surface area contributed by atoms with Gasteiger partial charge in [0.15, 0.2) is 0 Å². The Hall–Kier alpha value is -0.0505. The normalized spacial score (nSPS) is 49.0. The topological polar surface area (TPSA) is 41.8 Å². The Bertz CT molecular complexity index is 478. The van der Waals surface area contributed by atoms with Crippen molar-refractivity contribution in [1.29, 1.82) is 0 Å². The van der Waals surface area contributed by atoms with Gasteiger partial charge >= 0.3 is 141 Å². The monoisotopic (exact) mass is 373 g/mol. The van der Waals surface area contributed by atoms with Gasteiger partial charge in [-0.3, -0.25) is 0 Å². The summed E-state index contributed by atoms with van der Waals surface area (Å²) in [5, 5.41) is 13.6. The number of rotatable bonds is 3. The van der Waals surface area contributed by atoms with Crippen LogP contribution < -0.4 is 0 Å². The molecule has 0 saturated heterocycles. The predicted octanol–water partition coefficient (Wildman–Crippen LogP) is 4.53. The Morgan fingerprint density at radius 2 is 1.86 bits per heavy atom. The van der Waals surface area contributed by atoms with Crippen molar-refractivity contribution in [1.82, 2.24) is 0 Å². The molecule has 0 aromatic carbocycles. The molecule has 0 aliphatic heterocycles. The van der Waals surface area contributed by atoms with Crippen molar-refractivity contribution in [2.45, 2.75) is 81.5 Å². The molecule has 2 bridgehead atoms. The van der Waals surface area contributed by atoms with E-state index in [1.54, 1.807) is 0 Å². The summed E-state index contributed by atoms with van der Waals surface area (Å²) in [7, 11) is 1.88. The first kappa shape index (κ1) is 16.8. The second-order valence-electron chi connectivity index (χ2n) is 8.49. The van der Waals surface area contributed by atoms with E-state index in [1.807, 2.05) is 7.11 Å². The van der Waals surface area contributed by atoms with Crippen LogP contribution in [0.4, 0.5) is 0 Å². The molecule has 126 valence electrons. The van der Waals surface area contributed by atoms with Crippen molar-refractivity contribution in [2.24, 2.45) is 21.9 Å². The van der Waals surface area contributed by atoms with Gasteiger partial charge in [0.2, 0.25) is 0 Å². The van der Waals surface area contributed by atoms with E-state index >= 15 is 0 Å². The van der Waals surface area contributed by atoms with Crippen LogP contribution in [0.2, 0.25) is 9.63 Å². The average Bonchev–Trinajstić information content (AvgIpc) is 2.80. The van der Waals surface area contributed by atoms with E-state index in [9.17, 15) is 5.21 Å². The second-order valence-corrected chi connectivity index (χ2v) is 11.3. The SMILES string of the molecule is COC1(C)CCCCC1[Se][C@@H]1/C(=N/O)[C@]2(C)CC[C@H]1C2(C)C. The first-order chi connectivity index (χ1) is 10.3. The molecule has 0 radical (unpaired) electrons. The molecule has 4 heteroatoms. The van der Waals surface area contributed by atoms with Crippen molar-refractivity contribution in [3.05, 3.63) is 0 Å². The van der Waals surface area contributed by atoms with Crippen molar-refractivity contribution in [3.8, 4) is 0 Å². The summed E-state index contributed by atoms with van der Waals surface area (Å²) >= 11 is 0.451. The molecular weight excluding hydrogens is 341 g/mol. The molecule has 0 aromatic heterocycles. The summed E-state index contributed by atoms with van der Waals surface area (Å²) in [6, 6.07) is 0. The second kappa shape index (κ2) is 5.50. The van der Waals surface area contributed by atoms with Crippen LogP contribution in [0.3, 0.4) is 0 Å². The minimum absolute atomic E-state index is 0.0334. The quantitative estimate of drug-likeness (QED) is 0.449. The molecule has 3 aliphatic rings. The Balaban J connectivity index is 1.86. The van der Waals surface area contributed by atoms with Gasteiger partial charge in [-0.05, 0) is 0 Å². The van der Waals surface area contributed by atoms with E-state index in [0.29, 0.717) is 30.5 Å². The van der Waals surface area contributed by atoms with E-state index in [1.165, 1.54) is 38.5 Å². The van der Waals surface area contributed by atoms with Gasteiger partial charge in [0.25, 0.3) is 0 Å². The van der Waals surface area contributed by atoms with E-state index in [0.717, 1.165) is 5.71 Å².